The van der Waals surface area contributed by atoms with E-state index < -0.39 is 20.0 Å². The molecule has 3 aromatic carbocycles. The molecule has 0 radical (unpaired) electrons. The van der Waals surface area contributed by atoms with E-state index in [4.69, 9.17) is 11.6 Å². The lowest BCUT2D eigenvalue weighted by molar-refractivity contribution is 0.391. The van der Waals surface area contributed by atoms with Crippen LogP contribution >= 0.6 is 11.6 Å². The molecule has 0 fully saturated rings. The monoisotopic (exact) mass is 476 g/mol. The zero-order valence-electron chi connectivity index (χ0n) is 16.7. The van der Waals surface area contributed by atoms with E-state index in [9.17, 15) is 16.8 Å². The molecule has 1 N–H and O–H groups in total. The second-order valence-electron chi connectivity index (χ2n) is 7.40. The molecule has 0 spiro atoms. The summed E-state index contributed by atoms with van der Waals surface area (Å²) in [5.74, 6) is 0. The van der Waals surface area contributed by atoms with E-state index in [1.54, 1.807) is 55.5 Å². The number of nitrogens with one attached hydrogen (secondary N) is 1. The van der Waals surface area contributed by atoms with Crippen LogP contribution in [0.15, 0.2) is 76.5 Å². The summed E-state index contributed by atoms with van der Waals surface area (Å²) in [5.41, 5.74) is 2.93. The van der Waals surface area contributed by atoms with E-state index in [0.717, 1.165) is 16.7 Å². The van der Waals surface area contributed by atoms with Gasteiger partial charge >= 0.3 is 0 Å². The zero-order chi connectivity index (χ0) is 22.2. The molecule has 1 aliphatic heterocycles. The number of sulfonamides is 2. The lowest BCUT2D eigenvalue weighted by Gasteiger charge is -2.28. The fraction of sp³-hybridized carbons (Fsp3) is 0.182. The third-order valence-corrected chi connectivity index (χ3v) is 8.92. The van der Waals surface area contributed by atoms with Gasteiger partial charge in [-0.2, -0.15) is 4.31 Å². The Balaban J connectivity index is 1.59. The number of fused-ring (bicyclic) bond motifs is 1. The average Bonchev–Trinajstić information content (AvgIpc) is 2.75. The van der Waals surface area contributed by atoms with Crippen LogP contribution in [0.5, 0.6) is 0 Å². The average molecular weight is 477 g/mol. The summed E-state index contributed by atoms with van der Waals surface area (Å²) in [6.45, 7) is 2.35. The van der Waals surface area contributed by atoms with E-state index in [1.165, 1.54) is 16.4 Å². The quantitative estimate of drug-likeness (QED) is 0.598. The molecule has 9 heteroatoms. The normalized spacial score (nSPS) is 14.8. The molecular weight excluding hydrogens is 456 g/mol. The van der Waals surface area contributed by atoms with E-state index in [2.05, 4.69) is 4.72 Å². The van der Waals surface area contributed by atoms with Crippen molar-refractivity contribution in [3.05, 3.63) is 88.4 Å². The minimum absolute atomic E-state index is 0.0640. The Morgan fingerprint density at radius 2 is 1.61 bits per heavy atom. The molecule has 162 valence electrons. The molecule has 0 saturated carbocycles. The van der Waals surface area contributed by atoms with Gasteiger partial charge < -0.3 is 0 Å². The molecule has 0 unspecified atom stereocenters. The maximum atomic E-state index is 13.0. The number of hydrogen-bond acceptors (Lipinski definition) is 4. The van der Waals surface area contributed by atoms with Crippen LogP contribution in [0.25, 0.3) is 0 Å². The van der Waals surface area contributed by atoms with Gasteiger partial charge in [0, 0.05) is 23.8 Å². The second kappa shape index (κ2) is 8.27. The molecule has 1 heterocycles. The van der Waals surface area contributed by atoms with Crippen molar-refractivity contribution in [3.63, 3.8) is 0 Å². The molecule has 0 bridgehead atoms. The lowest BCUT2D eigenvalue weighted by atomic mass is 10.0. The topological polar surface area (TPSA) is 83.6 Å². The molecule has 0 atom stereocenters. The first-order chi connectivity index (χ1) is 14.7. The Labute approximate surface area is 187 Å². The van der Waals surface area contributed by atoms with Gasteiger partial charge in [-0.25, -0.2) is 16.8 Å². The van der Waals surface area contributed by atoms with Crippen LogP contribution < -0.4 is 4.72 Å². The van der Waals surface area contributed by atoms with Crippen LogP contribution in [0.4, 0.5) is 5.69 Å². The molecule has 0 aromatic heterocycles. The van der Waals surface area contributed by atoms with Gasteiger partial charge in [-0.05, 0) is 66.4 Å². The third kappa shape index (κ3) is 4.48. The van der Waals surface area contributed by atoms with Crippen molar-refractivity contribution in [2.24, 2.45) is 0 Å². The molecule has 3 aromatic rings. The molecule has 4 rings (SSSR count). The molecule has 31 heavy (non-hydrogen) atoms. The Hall–Kier alpha value is -2.39. The van der Waals surface area contributed by atoms with Crippen LogP contribution in [-0.4, -0.2) is 27.7 Å². The van der Waals surface area contributed by atoms with Crippen molar-refractivity contribution < 1.29 is 16.8 Å². The predicted molar refractivity (Wildman–Crippen MR) is 121 cm³/mol. The summed E-state index contributed by atoms with van der Waals surface area (Å²) in [4.78, 5) is 0.306. The van der Waals surface area contributed by atoms with Crippen LogP contribution in [0.3, 0.4) is 0 Å². The van der Waals surface area contributed by atoms with Crippen molar-refractivity contribution >= 4 is 37.3 Å². The summed E-state index contributed by atoms with van der Waals surface area (Å²) in [6, 6.07) is 18.1. The standard InChI is InChI=1S/C22H21ClN2O4S2/c1-16-7-10-21(14-22(16)23)30(26,27)24-19-9-8-17-11-12-25(15-18(17)13-19)31(28,29)20-5-3-2-4-6-20/h2-10,13-14,24H,11-12,15H2,1H3. The number of hydrogen-bond donors (Lipinski definition) is 1. The van der Waals surface area contributed by atoms with Gasteiger partial charge in [-0.15, -0.1) is 0 Å². The van der Waals surface area contributed by atoms with Crippen molar-refractivity contribution in [1.82, 2.24) is 4.31 Å². The van der Waals surface area contributed by atoms with Gasteiger partial charge in [0.1, 0.15) is 0 Å². The van der Waals surface area contributed by atoms with Crippen LogP contribution in [0, 0.1) is 6.92 Å². The predicted octanol–water partition coefficient (Wildman–Crippen LogP) is 4.20. The highest BCUT2D eigenvalue weighted by Gasteiger charge is 2.28. The molecule has 1 aliphatic rings. The van der Waals surface area contributed by atoms with Crippen molar-refractivity contribution in [2.45, 2.75) is 29.7 Å². The fourth-order valence-corrected chi connectivity index (χ4v) is 6.26. The van der Waals surface area contributed by atoms with Gasteiger partial charge in [0.05, 0.1) is 9.79 Å². The maximum absolute atomic E-state index is 13.0. The largest absolute Gasteiger partial charge is 0.280 e. The number of aryl methyl sites for hydroxylation is 1. The number of halogens is 1. The second-order valence-corrected chi connectivity index (χ2v) is 11.4. The summed E-state index contributed by atoms with van der Waals surface area (Å²) in [7, 11) is -7.45. The first-order valence-corrected chi connectivity index (χ1v) is 12.9. The van der Waals surface area contributed by atoms with E-state index in [0.29, 0.717) is 23.7 Å². The Kier molecular flexibility index (Phi) is 5.83. The highest BCUT2D eigenvalue weighted by Crippen LogP contribution is 2.28. The molecular formula is C22H21ClN2O4S2. The molecule has 0 saturated heterocycles. The lowest BCUT2D eigenvalue weighted by Crippen LogP contribution is -2.36. The number of nitrogens with zero attached hydrogens (tertiary/aromatic N) is 1. The minimum atomic E-state index is -3.83. The summed E-state index contributed by atoms with van der Waals surface area (Å²) in [6.07, 6.45) is 0.558. The first kappa shape index (κ1) is 21.8. The third-order valence-electron chi connectivity index (χ3n) is 5.27. The van der Waals surface area contributed by atoms with E-state index in [-0.39, 0.29) is 16.3 Å². The van der Waals surface area contributed by atoms with Crippen LogP contribution in [0.2, 0.25) is 5.02 Å². The molecule has 0 amide bonds. The number of anilines is 1. The van der Waals surface area contributed by atoms with E-state index >= 15 is 0 Å². The Bertz CT molecular complexity index is 1340. The fourth-order valence-electron chi connectivity index (χ4n) is 3.50. The summed E-state index contributed by atoms with van der Waals surface area (Å²) in [5, 5.41) is 0.370. The smallest absolute Gasteiger partial charge is 0.261 e. The minimum Gasteiger partial charge on any atom is -0.280 e. The Morgan fingerprint density at radius 3 is 2.32 bits per heavy atom. The van der Waals surface area contributed by atoms with Crippen LogP contribution in [0.1, 0.15) is 16.7 Å². The maximum Gasteiger partial charge on any atom is 0.261 e. The summed E-state index contributed by atoms with van der Waals surface area (Å²) < 4.78 is 55.4. The van der Waals surface area contributed by atoms with Gasteiger partial charge in [0.25, 0.3) is 10.0 Å². The highest BCUT2D eigenvalue weighted by atomic mass is 35.5. The van der Waals surface area contributed by atoms with Crippen LogP contribution in [-0.2, 0) is 33.0 Å². The van der Waals surface area contributed by atoms with E-state index in [1.807, 2.05) is 6.07 Å². The van der Waals surface area contributed by atoms with Crippen molar-refractivity contribution in [2.75, 3.05) is 11.3 Å². The van der Waals surface area contributed by atoms with Crippen molar-refractivity contribution in [3.8, 4) is 0 Å². The highest BCUT2D eigenvalue weighted by molar-refractivity contribution is 7.92. The van der Waals surface area contributed by atoms with Crippen molar-refractivity contribution in [1.29, 1.82) is 0 Å². The molecule has 6 nitrogen and oxygen atoms in total. The SMILES string of the molecule is Cc1ccc(S(=O)(=O)Nc2ccc3c(c2)CN(S(=O)(=O)c2ccccc2)CC3)cc1Cl. The van der Waals surface area contributed by atoms with Gasteiger partial charge in [0.15, 0.2) is 0 Å². The van der Waals surface area contributed by atoms with Gasteiger partial charge in [-0.1, -0.05) is 41.9 Å². The zero-order valence-corrected chi connectivity index (χ0v) is 19.1. The van der Waals surface area contributed by atoms with Gasteiger partial charge in [0.2, 0.25) is 10.0 Å². The Morgan fingerprint density at radius 1 is 0.871 bits per heavy atom. The number of benzene rings is 3. The molecule has 0 aliphatic carbocycles. The summed E-state index contributed by atoms with van der Waals surface area (Å²) >= 11 is 6.07. The first-order valence-electron chi connectivity index (χ1n) is 9.63. The van der Waals surface area contributed by atoms with Gasteiger partial charge in [-0.3, -0.25) is 4.72 Å². The number of rotatable bonds is 5.